The molecule has 0 aromatic heterocycles. The van der Waals surface area contributed by atoms with Gasteiger partial charge in [-0.05, 0) is 30.0 Å². The lowest BCUT2D eigenvalue weighted by Gasteiger charge is -2.37. The van der Waals surface area contributed by atoms with Crippen molar-refractivity contribution in [2.75, 3.05) is 26.3 Å². The Labute approximate surface area is 184 Å². The van der Waals surface area contributed by atoms with Crippen molar-refractivity contribution in [3.05, 3.63) is 108 Å². The zero-order valence-electron chi connectivity index (χ0n) is 17.9. The van der Waals surface area contributed by atoms with Crippen LogP contribution in [-0.4, -0.2) is 43.2 Å². The summed E-state index contributed by atoms with van der Waals surface area (Å²) in [6.45, 7) is 3.90. The fourth-order valence-electron chi connectivity index (χ4n) is 4.24. The Morgan fingerprint density at radius 2 is 1.35 bits per heavy atom. The summed E-state index contributed by atoms with van der Waals surface area (Å²) in [6, 6.07) is 30.9. The molecular formula is C27H29NO3. The smallest absolute Gasteiger partial charge is 0.248 e. The van der Waals surface area contributed by atoms with E-state index < -0.39 is 5.60 Å². The molecule has 0 spiro atoms. The van der Waals surface area contributed by atoms with Crippen molar-refractivity contribution < 1.29 is 14.3 Å². The van der Waals surface area contributed by atoms with Crippen molar-refractivity contribution in [1.82, 2.24) is 4.90 Å². The molecule has 1 aliphatic heterocycles. The Morgan fingerprint density at radius 3 is 1.81 bits per heavy atom. The molecule has 4 heteroatoms. The van der Waals surface area contributed by atoms with E-state index in [1.807, 2.05) is 66.4 Å². The van der Waals surface area contributed by atoms with E-state index in [1.54, 1.807) is 0 Å². The second-order valence-electron chi connectivity index (χ2n) is 7.79. The third-order valence-electron chi connectivity index (χ3n) is 5.92. The van der Waals surface area contributed by atoms with E-state index in [0.29, 0.717) is 19.7 Å². The lowest BCUT2D eigenvalue weighted by Crippen LogP contribution is -2.36. The summed E-state index contributed by atoms with van der Waals surface area (Å²) in [5.74, 6) is 0.0467. The second-order valence-corrected chi connectivity index (χ2v) is 7.79. The Morgan fingerprint density at radius 1 is 0.871 bits per heavy atom. The molecule has 1 aliphatic rings. The fraction of sp³-hybridized carbons (Fsp3) is 0.296. The molecule has 0 bridgehead atoms. The molecule has 1 saturated heterocycles. The van der Waals surface area contributed by atoms with Gasteiger partial charge in [-0.25, -0.2) is 0 Å². The van der Waals surface area contributed by atoms with Crippen LogP contribution < -0.4 is 0 Å². The van der Waals surface area contributed by atoms with Crippen molar-refractivity contribution in [3.8, 4) is 0 Å². The van der Waals surface area contributed by atoms with Gasteiger partial charge in [-0.15, -0.1) is 0 Å². The van der Waals surface area contributed by atoms with Crippen molar-refractivity contribution in [2.45, 2.75) is 25.0 Å². The zero-order chi connectivity index (χ0) is 21.5. The minimum atomic E-state index is -0.770. The Hall–Kier alpha value is -2.95. The molecule has 0 saturated carbocycles. The van der Waals surface area contributed by atoms with Crippen molar-refractivity contribution in [3.63, 3.8) is 0 Å². The molecule has 0 radical (unpaired) electrons. The standard InChI is InChI=1S/C27H29NO3/c1-2-28-19-18-25(30-21-26(28)29)20-31-27(22-12-6-3-7-13-22,23-14-8-4-9-15-23)24-16-10-5-11-17-24/h3-17,25H,2,18-21H2,1H3/t25-/m0/s1. The van der Waals surface area contributed by atoms with Crippen LogP contribution in [0, 0.1) is 0 Å². The second kappa shape index (κ2) is 9.90. The summed E-state index contributed by atoms with van der Waals surface area (Å²) in [4.78, 5) is 14.1. The van der Waals surface area contributed by atoms with E-state index >= 15 is 0 Å². The van der Waals surface area contributed by atoms with Gasteiger partial charge >= 0.3 is 0 Å². The maximum Gasteiger partial charge on any atom is 0.248 e. The first-order valence-corrected chi connectivity index (χ1v) is 10.9. The van der Waals surface area contributed by atoms with Crippen LogP contribution in [-0.2, 0) is 19.9 Å². The summed E-state index contributed by atoms with van der Waals surface area (Å²) in [5, 5.41) is 0. The van der Waals surface area contributed by atoms with Crippen LogP contribution in [0.2, 0.25) is 0 Å². The molecule has 0 unspecified atom stereocenters. The number of benzene rings is 3. The number of hydrogen-bond acceptors (Lipinski definition) is 3. The van der Waals surface area contributed by atoms with Gasteiger partial charge in [0.15, 0.2) is 0 Å². The van der Waals surface area contributed by atoms with E-state index in [2.05, 4.69) is 36.4 Å². The van der Waals surface area contributed by atoms with Crippen LogP contribution in [0.1, 0.15) is 30.0 Å². The van der Waals surface area contributed by atoms with Gasteiger partial charge in [0.1, 0.15) is 12.2 Å². The molecule has 1 amide bonds. The molecule has 31 heavy (non-hydrogen) atoms. The van der Waals surface area contributed by atoms with Crippen LogP contribution in [0.3, 0.4) is 0 Å². The largest absolute Gasteiger partial charge is 0.366 e. The number of rotatable bonds is 7. The first-order valence-electron chi connectivity index (χ1n) is 10.9. The molecule has 3 aromatic carbocycles. The molecule has 4 nitrogen and oxygen atoms in total. The van der Waals surface area contributed by atoms with Gasteiger partial charge in [0.05, 0.1) is 12.7 Å². The monoisotopic (exact) mass is 415 g/mol. The van der Waals surface area contributed by atoms with Crippen LogP contribution in [0.5, 0.6) is 0 Å². The number of nitrogens with zero attached hydrogens (tertiary/aromatic N) is 1. The minimum absolute atomic E-state index is 0.0467. The molecule has 0 N–H and O–H groups in total. The molecule has 0 aliphatic carbocycles. The Balaban J connectivity index is 1.71. The average Bonchev–Trinajstić information content (AvgIpc) is 3.02. The maximum atomic E-state index is 12.2. The topological polar surface area (TPSA) is 38.8 Å². The third-order valence-corrected chi connectivity index (χ3v) is 5.92. The first-order chi connectivity index (χ1) is 15.2. The van der Waals surface area contributed by atoms with E-state index in [0.717, 1.165) is 23.1 Å². The molecule has 4 rings (SSSR count). The van der Waals surface area contributed by atoms with E-state index in [9.17, 15) is 4.79 Å². The maximum absolute atomic E-state index is 12.2. The van der Waals surface area contributed by atoms with Crippen LogP contribution >= 0.6 is 0 Å². The number of likely N-dealkylation sites (N-methyl/N-ethyl adjacent to an activating group) is 1. The van der Waals surface area contributed by atoms with Gasteiger partial charge in [0, 0.05) is 13.1 Å². The number of carbonyl (C=O) groups excluding carboxylic acids is 1. The molecular weight excluding hydrogens is 386 g/mol. The summed E-state index contributed by atoms with van der Waals surface area (Å²) < 4.78 is 12.8. The van der Waals surface area contributed by atoms with E-state index in [4.69, 9.17) is 9.47 Å². The molecule has 1 heterocycles. The van der Waals surface area contributed by atoms with E-state index in [1.165, 1.54) is 0 Å². The lowest BCUT2D eigenvalue weighted by molar-refractivity contribution is -0.136. The average molecular weight is 416 g/mol. The Kier molecular flexibility index (Phi) is 6.80. The molecule has 160 valence electrons. The van der Waals surface area contributed by atoms with Gasteiger partial charge in [-0.2, -0.15) is 0 Å². The fourth-order valence-corrected chi connectivity index (χ4v) is 4.24. The molecule has 1 fully saturated rings. The SMILES string of the molecule is CCN1CC[C@@H](COC(c2ccccc2)(c2ccccc2)c2ccccc2)OCC1=O. The van der Waals surface area contributed by atoms with Crippen LogP contribution in [0.4, 0.5) is 0 Å². The van der Waals surface area contributed by atoms with Crippen LogP contribution in [0.15, 0.2) is 91.0 Å². The number of amides is 1. The predicted octanol–water partition coefficient (Wildman–Crippen LogP) is 4.63. The normalized spacial score (nSPS) is 17.4. The summed E-state index contributed by atoms with van der Waals surface area (Å²) in [5.41, 5.74) is 2.42. The lowest BCUT2D eigenvalue weighted by atomic mass is 9.80. The quantitative estimate of drug-likeness (QED) is 0.528. The minimum Gasteiger partial charge on any atom is -0.366 e. The molecule has 1 atom stereocenters. The highest BCUT2D eigenvalue weighted by atomic mass is 16.5. The highest BCUT2D eigenvalue weighted by Gasteiger charge is 2.38. The van der Waals surface area contributed by atoms with Crippen molar-refractivity contribution in [1.29, 1.82) is 0 Å². The predicted molar refractivity (Wildman–Crippen MR) is 122 cm³/mol. The third kappa shape index (κ3) is 4.55. The van der Waals surface area contributed by atoms with Gasteiger partial charge in [0.2, 0.25) is 5.91 Å². The highest BCUT2D eigenvalue weighted by molar-refractivity contribution is 5.77. The summed E-state index contributed by atoms with van der Waals surface area (Å²) in [7, 11) is 0. The van der Waals surface area contributed by atoms with Crippen LogP contribution in [0.25, 0.3) is 0 Å². The Bertz CT molecular complexity index is 863. The number of hydrogen-bond donors (Lipinski definition) is 0. The zero-order valence-corrected chi connectivity index (χ0v) is 17.9. The van der Waals surface area contributed by atoms with Gasteiger partial charge < -0.3 is 14.4 Å². The first kappa shape index (κ1) is 21.3. The van der Waals surface area contributed by atoms with Crippen molar-refractivity contribution in [2.24, 2.45) is 0 Å². The summed E-state index contributed by atoms with van der Waals surface area (Å²) in [6.07, 6.45) is 0.615. The van der Waals surface area contributed by atoms with Gasteiger partial charge in [-0.1, -0.05) is 91.0 Å². The van der Waals surface area contributed by atoms with Gasteiger partial charge in [0.25, 0.3) is 0 Å². The number of ether oxygens (including phenoxy) is 2. The van der Waals surface area contributed by atoms with Gasteiger partial charge in [-0.3, -0.25) is 4.79 Å². The van der Waals surface area contributed by atoms with Crippen molar-refractivity contribution >= 4 is 5.91 Å². The summed E-state index contributed by atoms with van der Waals surface area (Å²) >= 11 is 0. The number of carbonyl (C=O) groups is 1. The molecule has 3 aromatic rings. The van der Waals surface area contributed by atoms with E-state index in [-0.39, 0.29) is 18.6 Å². The highest BCUT2D eigenvalue weighted by Crippen LogP contribution is 2.40.